The molecule has 0 saturated heterocycles. The molecule has 3 aromatic rings. The molecule has 0 saturated carbocycles. The average molecular weight is 616 g/mol. The van der Waals surface area contributed by atoms with Crippen molar-refractivity contribution >= 4 is 34.4 Å². The summed E-state index contributed by atoms with van der Waals surface area (Å²) in [7, 11) is 0. The van der Waals surface area contributed by atoms with Gasteiger partial charge in [0.05, 0.1) is 0 Å². The van der Waals surface area contributed by atoms with Gasteiger partial charge in [-0.3, -0.25) is 9.59 Å². The predicted octanol–water partition coefficient (Wildman–Crippen LogP) is 8.87. The zero-order valence-corrected chi connectivity index (χ0v) is 28.5. The van der Waals surface area contributed by atoms with Crippen LogP contribution < -0.4 is 10.6 Å². The highest BCUT2D eigenvalue weighted by Crippen LogP contribution is 2.30. The summed E-state index contributed by atoms with van der Waals surface area (Å²) < 4.78 is 5.53. The van der Waals surface area contributed by atoms with E-state index in [0.717, 1.165) is 59.6 Å². The molecule has 7 nitrogen and oxygen atoms in total. The van der Waals surface area contributed by atoms with Crippen molar-refractivity contribution in [3.05, 3.63) is 77.4 Å². The van der Waals surface area contributed by atoms with Crippen LogP contribution in [0.25, 0.3) is 10.8 Å². The molecule has 0 aliphatic carbocycles. The van der Waals surface area contributed by atoms with E-state index in [1.807, 2.05) is 88.4 Å². The third-order valence-corrected chi connectivity index (χ3v) is 7.95. The fourth-order valence-electron chi connectivity index (χ4n) is 5.54. The summed E-state index contributed by atoms with van der Waals surface area (Å²) in [4.78, 5) is 43.6. The second kappa shape index (κ2) is 16.4. The van der Waals surface area contributed by atoms with Crippen molar-refractivity contribution in [2.75, 3.05) is 11.9 Å². The quantitative estimate of drug-likeness (QED) is 0.177. The standard InChI is InChI=1S/C38H53N3O4/c1-9-10-11-12-13-16-23-41(36(43)33(26(2)3)40-37(44)45-38(6,7)8)34(32-24-27(4)19-20-28(32)5)35(42)39-31-22-21-29-17-14-15-18-30(29)25-31/h14-15,17-22,24-26,33-34H,9-13,16,23H2,1-8H3,(H,39,42)(H,40,44). The highest BCUT2D eigenvalue weighted by Gasteiger charge is 2.38. The van der Waals surface area contributed by atoms with E-state index in [-0.39, 0.29) is 17.7 Å². The van der Waals surface area contributed by atoms with Gasteiger partial charge in [-0.15, -0.1) is 0 Å². The number of carbonyl (C=O) groups excluding carboxylic acids is 3. The zero-order chi connectivity index (χ0) is 33.1. The number of rotatable bonds is 14. The molecule has 0 aromatic heterocycles. The lowest BCUT2D eigenvalue weighted by molar-refractivity contribution is -0.141. The minimum atomic E-state index is -0.902. The van der Waals surface area contributed by atoms with E-state index in [4.69, 9.17) is 4.74 Å². The summed E-state index contributed by atoms with van der Waals surface area (Å²) >= 11 is 0. The van der Waals surface area contributed by atoms with E-state index in [9.17, 15) is 14.4 Å². The lowest BCUT2D eigenvalue weighted by Crippen LogP contribution is -2.54. The van der Waals surface area contributed by atoms with Gasteiger partial charge in [-0.05, 0) is 81.0 Å². The van der Waals surface area contributed by atoms with Crippen LogP contribution in [0.5, 0.6) is 0 Å². The van der Waals surface area contributed by atoms with Crippen LogP contribution in [0.1, 0.15) is 103 Å². The summed E-state index contributed by atoms with van der Waals surface area (Å²) in [5, 5.41) is 8.05. The monoisotopic (exact) mass is 615 g/mol. The molecule has 7 heteroatoms. The lowest BCUT2D eigenvalue weighted by Gasteiger charge is -2.36. The van der Waals surface area contributed by atoms with Gasteiger partial charge in [-0.2, -0.15) is 0 Å². The van der Waals surface area contributed by atoms with E-state index in [1.54, 1.807) is 25.7 Å². The van der Waals surface area contributed by atoms with Crippen LogP contribution >= 0.6 is 0 Å². The Kier molecular flexibility index (Phi) is 13.0. The first-order valence-corrected chi connectivity index (χ1v) is 16.5. The molecule has 0 aliphatic heterocycles. The molecule has 2 N–H and O–H groups in total. The van der Waals surface area contributed by atoms with E-state index < -0.39 is 23.8 Å². The van der Waals surface area contributed by atoms with Gasteiger partial charge in [-0.25, -0.2) is 4.79 Å². The number of carbonyl (C=O) groups is 3. The van der Waals surface area contributed by atoms with E-state index in [2.05, 4.69) is 17.6 Å². The van der Waals surface area contributed by atoms with Crippen molar-refractivity contribution in [3.63, 3.8) is 0 Å². The van der Waals surface area contributed by atoms with Crippen LogP contribution in [0.2, 0.25) is 0 Å². The Morgan fingerprint density at radius 3 is 2.18 bits per heavy atom. The molecule has 2 atom stereocenters. The van der Waals surface area contributed by atoms with Gasteiger partial charge in [0.2, 0.25) is 5.91 Å². The molecule has 0 fully saturated rings. The van der Waals surface area contributed by atoms with E-state index >= 15 is 0 Å². The average Bonchev–Trinajstić information content (AvgIpc) is 2.97. The van der Waals surface area contributed by atoms with Crippen molar-refractivity contribution in [2.24, 2.45) is 5.92 Å². The van der Waals surface area contributed by atoms with Crippen LogP contribution in [0.3, 0.4) is 0 Å². The van der Waals surface area contributed by atoms with Crippen LogP contribution in [0.15, 0.2) is 60.7 Å². The molecule has 0 bridgehead atoms. The van der Waals surface area contributed by atoms with Gasteiger partial charge in [0.15, 0.2) is 0 Å². The van der Waals surface area contributed by atoms with Crippen molar-refractivity contribution in [1.29, 1.82) is 0 Å². The Labute approximate surface area is 270 Å². The number of nitrogens with zero attached hydrogens (tertiary/aromatic N) is 1. The van der Waals surface area contributed by atoms with Gasteiger partial charge in [0.25, 0.3) is 5.91 Å². The zero-order valence-electron chi connectivity index (χ0n) is 28.5. The number of hydrogen-bond donors (Lipinski definition) is 2. The van der Waals surface area contributed by atoms with Crippen molar-refractivity contribution in [1.82, 2.24) is 10.2 Å². The second-order valence-corrected chi connectivity index (χ2v) is 13.5. The smallest absolute Gasteiger partial charge is 0.408 e. The number of fused-ring (bicyclic) bond motifs is 1. The molecule has 2 unspecified atom stereocenters. The molecular weight excluding hydrogens is 562 g/mol. The first-order chi connectivity index (χ1) is 21.3. The SMILES string of the molecule is CCCCCCCCN(C(=O)C(NC(=O)OC(C)(C)C)C(C)C)C(C(=O)Nc1ccc2ccccc2c1)c1cc(C)ccc1C. The van der Waals surface area contributed by atoms with Gasteiger partial charge in [-0.1, -0.05) is 107 Å². The topological polar surface area (TPSA) is 87.7 Å². The highest BCUT2D eigenvalue weighted by molar-refractivity contribution is 6.00. The summed E-state index contributed by atoms with van der Waals surface area (Å²) in [6, 6.07) is 18.0. The summed E-state index contributed by atoms with van der Waals surface area (Å²) in [6.45, 7) is 15.7. The van der Waals surface area contributed by atoms with Crippen LogP contribution in [0.4, 0.5) is 10.5 Å². The number of ether oxygens (including phenoxy) is 1. The number of aryl methyl sites for hydroxylation is 2. The number of amides is 3. The third-order valence-electron chi connectivity index (χ3n) is 7.95. The van der Waals surface area contributed by atoms with Crippen LogP contribution in [0, 0.1) is 19.8 Å². The summed E-state index contributed by atoms with van der Waals surface area (Å²) in [5.74, 6) is -0.832. The molecule has 0 radical (unpaired) electrons. The maximum Gasteiger partial charge on any atom is 0.408 e. The fraction of sp³-hybridized carbons (Fsp3) is 0.500. The van der Waals surface area contributed by atoms with Crippen LogP contribution in [-0.2, 0) is 14.3 Å². The van der Waals surface area contributed by atoms with Gasteiger partial charge >= 0.3 is 6.09 Å². The van der Waals surface area contributed by atoms with Gasteiger partial charge < -0.3 is 20.3 Å². The molecule has 244 valence electrons. The molecule has 45 heavy (non-hydrogen) atoms. The van der Waals surface area contributed by atoms with Gasteiger partial charge in [0.1, 0.15) is 17.7 Å². The highest BCUT2D eigenvalue weighted by atomic mass is 16.6. The number of unbranched alkanes of at least 4 members (excludes halogenated alkanes) is 5. The normalized spacial score (nSPS) is 12.9. The first kappa shape index (κ1) is 35.6. The Hall–Kier alpha value is -3.87. The molecule has 3 rings (SSSR count). The Bertz CT molecular complexity index is 1440. The Morgan fingerprint density at radius 2 is 1.51 bits per heavy atom. The molecule has 0 heterocycles. The molecule has 3 aromatic carbocycles. The van der Waals surface area contributed by atoms with E-state index in [0.29, 0.717) is 12.2 Å². The Morgan fingerprint density at radius 1 is 0.844 bits per heavy atom. The second-order valence-electron chi connectivity index (χ2n) is 13.5. The van der Waals surface area contributed by atoms with Crippen molar-refractivity contribution in [2.45, 2.75) is 112 Å². The lowest BCUT2D eigenvalue weighted by atomic mass is 9.94. The Balaban J connectivity index is 2.04. The predicted molar refractivity (Wildman–Crippen MR) is 184 cm³/mol. The summed E-state index contributed by atoms with van der Waals surface area (Å²) in [5.41, 5.74) is 2.63. The van der Waals surface area contributed by atoms with Crippen molar-refractivity contribution in [3.8, 4) is 0 Å². The minimum Gasteiger partial charge on any atom is -0.444 e. The number of nitrogens with one attached hydrogen (secondary N) is 2. The molecule has 0 spiro atoms. The third kappa shape index (κ3) is 10.6. The number of anilines is 1. The molecular formula is C38H53N3O4. The van der Waals surface area contributed by atoms with E-state index in [1.165, 1.54) is 6.42 Å². The first-order valence-electron chi connectivity index (χ1n) is 16.5. The maximum atomic E-state index is 14.6. The maximum absolute atomic E-state index is 14.6. The van der Waals surface area contributed by atoms with Crippen LogP contribution in [-0.4, -0.2) is 41.0 Å². The largest absolute Gasteiger partial charge is 0.444 e. The van der Waals surface area contributed by atoms with Gasteiger partial charge in [0, 0.05) is 12.2 Å². The number of alkyl carbamates (subject to hydrolysis) is 1. The minimum absolute atomic E-state index is 0.236. The van der Waals surface area contributed by atoms with Crippen molar-refractivity contribution < 1.29 is 19.1 Å². The molecule has 0 aliphatic rings. The fourth-order valence-corrected chi connectivity index (χ4v) is 5.54. The molecule has 3 amide bonds. The number of hydrogen-bond acceptors (Lipinski definition) is 4. The summed E-state index contributed by atoms with van der Waals surface area (Å²) in [6.07, 6.45) is 5.58. The number of benzene rings is 3.